The molecule has 0 fully saturated rings. The predicted molar refractivity (Wildman–Crippen MR) is 130 cm³/mol. The molecule has 2 rings (SSSR count). The summed E-state index contributed by atoms with van der Waals surface area (Å²) in [7, 11) is 0. The van der Waals surface area contributed by atoms with Crippen LogP contribution in [0.4, 0.5) is 0 Å². The van der Waals surface area contributed by atoms with Crippen molar-refractivity contribution in [1.29, 1.82) is 0 Å². The second-order valence-electron chi connectivity index (χ2n) is 8.51. The SMILES string of the molecule is CC[C@@H](C)NC(=O)[C@H](CC)N(Cc1ccc(C)cc1)C(=O)CCCOc1ccc(C)cc1. The Kier molecular flexibility index (Phi) is 10.3. The number of aryl methyl sites for hydroxylation is 2. The van der Waals surface area contributed by atoms with Crippen LogP contribution in [-0.2, 0) is 16.1 Å². The second-order valence-corrected chi connectivity index (χ2v) is 8.51. The van der Waals surface area contributed by atoms with Crippen LogP contribution in [0.3, 0.4) is 0 Å². The Morgan fingerprint density at radius 1 is 0.938 bits per heavy atom. The monoisotopic (exact) mass is 438 g/mol. The molecule has 0 aliphatic carbocycles. The zero-order valence-corrected chi connectivity index (χ0v) is 20.2. The van der Waals surface area contributed by atoms with E-state index in [4.69, 9.17) is 4.74 Å². The largest absolute Gasteiger partial charge is 0.494 e. The number of amides is 2. The number of carbonyl (C=O) groups is 2. The van der Waals surface area contributed by atoms with Crippen LogP contribution in [0.15, 0.2) is 48.5 Å². The Morgan fingerprint density at radius 3 is 2.09 bits per heavy atom. The van der Waals surface area contributed by atoms with Crippen molar-refractivity contribution in [3.63, 3.8) is 0 Å². The van der Waals surface area contributed by atoms with Gasteiger partial charge in [0, 0.05) is 19.0 Å². The molecule has 1 N–H and O–H groups in total. The molecule has 2 aromatic carbocycles. The lowest BCUT2D eigenvalue weighted by atomic mass is 10.1. The van der Waals surface area contributed by atoms with Crippen LogP contribution >= 0.6 is 0 Å². The molecule has 0 saturated carbocycles. The van der Waals surface area contributed by atoms with E-state index in [-0.39, 0.29) is 17.9 Å². The summed E-state index contributed by atoms with van der Waals surface area (Å²) in [6.07, 6.45) is 2.36. The van der Waals surface area contributed by atoms with Crippen molar-refractivity contribution >= 4 is 11.8 Å². The Bertz CT molecular complexity index is 846. The van der Waals surface area contributed by atoms with E-state index in [0.717, 1.165) is 17.7 Å². The van der Waals surface area contributed by atoms with Crippen molar-refractivity contribution < 1.29 is 14.3 Å². The summed E-state index contributed by atoms with van der Waals surface area (Å²) in [6.45, 7) is 10.9. The molecule has 0 aromatic heterocycles. The molecule has 0 unspecified atom stereocenters. The van der Waals surface area contributed by atoms with Gasteiger partial charge in [0.05, 0.1) is 6.61 Å². The van der Waals surface area contributed by atoms with Gasteiger partial charge in [-0.2, -0.15) is 0 Å². The van der Waals surface area contributed by atoms with Gasteiger partial charge < -0.3 is 15.0 Å². The molecule has 0 aliphatic heterocycles. The highest BCUT2D eigenvalue weighted by molar-refractivity contribution is 5.87. The fourth-order valence-corrected chi connectivity index (χ4v) is 3.44. The van der Waals surface area contributed by atoms with Crippen molar-refractivity contribution in [3.05, 3.63) is 65.2 Å². The third kappa shape index (κ3) is 8.03. The fraction of sp³-hybridized carbons (Fsp3) is 0.481. The van der Waals surface area contributed by atoms with Gasteiger partial charge in [0.25, 0.3) is 0 Å². The lowest BCUT2D eigenvalue weighted by Gasteiger charge is -2.31. The van der Waals surface area contributed by atoms with Crippen molar-refractivity contribution in [1.82, 2.24) is 10.2 Å². The summed E-state index contributed by atoms with van der Waals surface area (Å²) in [4.78, 5) is 27.9. The first-order valence-electron chi connectivity index (χ1n) is 11.7. The molecule has 0 spiro atoms. The molecule has 2 atom stereocenters. The minimum Gasteiger partial charge on any atom is -0.494 e. The van der Waals surface area contributed by atoms with Crippen LogP contribution in [0.1, 0.15) is 63.1 Å². The van der Waals surface area contributed by atoms with Crippen LogP contribution in [0.5, 0.6) is 5.75 Å². The molecule has 5 heteroatoms. The van der Waals surface area contributed by atoms with Crippen molar-refractivity contribution in [2.45, 2.75) is 78.9 Å². The highest BCUT2D eigenvalue weighted by atomic mass is 16.5. The van der Waals surface area contributed by atoms with Gasteiger partial charge in [-0.1, -0.05) is 61.4 Å². The van der Waals surface area contributed by atoms with Crippen LogP contribution in [-0.4, -0.2) is 35.4 Å². The lowest BCUT2D eigenvalue weighted by Crippen LogP contribution is -2.50. The van der Waals surface area contributed by atoms with Gasteiger partial charge in [-0.3, -0.25) is 9.59 Å². The quantitative estimate of drug-likeness (QED) is 0.464. The van der Waals surface area contributed by atoms with Gasteiger partial charge in [0.2, 0.25) is 11.8 Å². The smallest absolute Gasteiger partial charge is 0.243 e. The summed E-state index contributed by atoms with van der Waals surface area (Å²) in [5, 5.41) is 3.05. The number of carbonyl (C=O) groups excluding carboxylic acids is 2. The van der Waals surface area contributed by atoms with Gasteiger partial charge in [0.1, 0.15) is 11.8 Å². The topological polar surface area (TPSA) is 58.6 Å². The van der Waals surface area contributed by atoms with E-state index in [2.05, 4.69) is 5.32 Å². The van der Waals surface area contributed by atoms with E-state index in [9.17, 15) is 9.59 Å². The van der Waals surface area contributed by atoms with E-state index >= 15 is 0 Å². The van der Waals surface area contributed by atoms with E-state index in [1.165, 1.54) is 11.1 Å². The first kappa shape index (κ1) is 25.4. The maximum absolute atomic E-state index is 13.2. The molecule has 0 aliphatic rings. The van der Waals surface area contributed by atoms with Crippen molar-refractivity contribution in [2.24, 2.45) is 0 Å². The maximum Gasteiger partial charge on any atom is 0.243 e. The Labute approximate surface area is 193 Å². The molecule has 2 amide bonds. The lowest BCUT2D eigenvalue weighted by molar-refractivity contribution is -0.141. The molecule has 0 heterocycles. The molecule has 32 heavy (non-hydrogen) atoms. The molecular formula is C27H38N2O3. The number of nitrogens with zero attached hydrogens (tertiary/aromatic N) is 1. The summed E-state index contributed by atoms with van der Waals surface area (Å²) in [5.74, 6) is 0.696. The van der Waals surface area contributed by atoms with E-state index in [0.29, 0.717) is 32.4 Å². The standard InChI is InChI=1S/C27H38N2O3/c1-6-22(5)28-27(31)25(7-2)29(19-23-14-10-20(3)11-15-23)26(30)9-8-18-32-24-16-12-21(4)13-17-24/h10-17,22,25H,6-9,18-19H2,1-5H3,(H,28,31)/t22-,25+/m1/s1. The zero-order valence-electron chi connectivity index (χ0n) is 20.2. The molecule has 2 aromatic rings. The van der Waals surface area contributed by atoms with Crippen LogP contribution in [0, 0.1) is 13.8 Å². The van der Waals surface area contributed by atoms with Gasteiger partial charge in [-0.25, -0.2) is 0 Å². The average molecular weight is 439 g/mol. The molecule has 174 valence electrons. The van der Waals surface area contributed by atoms with Gasteiger partial charge in [0.15, 0.2) is 0 Å². The molecule has 0 bridgehead atoms. The van der Waals surface area contributed by atoms with Crippen molar-refractivity contribution in [3.8, 4) is 5.75 Å². The molecule has 5 nitrogen and oxygen atoms in total. The van der Waals surface area contributed by atoms with Gasteiger partial charge in [-0.15, -0.1) is 0 Å². The van der Waals surface area contributed by atoms with Crippen LogP contribution in [0.25, 0.3) is 0 Å². The second kappa shape index (κ2) is 12.9. The average Bonchev–Trinajstić information content (AvgIpc) is 2.78. The number of rotatable bonds is 12. The highest BCUT2D eigenvalue weighted by Crippen LogP contribution is 2.16. The Hall–Kier alpha value is -2.82. The summed E-state index contributed by atoms with van der Waals surface area (Å²) < 4.78 is 5.77. The van der Waals surface area contributed by atoms with E-state index in [1.807, 2.05) is 83.1 Å². The van der Waals surface area contributed by atoms with Gasteiger partial charge >= 0.3 is 0 Å². The van der Waals surface area contributed by atoms with Crippen LogP contribution < -0.4 is 10.1 Å². The molecular weight excluding hydrogens is 400 g/mol. The number of ether oxygens (including phenoxy) is 1. The minimum atomic E-state index is -0.490. The third-order valence-corrected chi connectivity index (χ3v) is 5.69. The fourth-order valence-electron chi connectivity index (χ4n) is 3.44. The maximum atomic E-state index is 13.2. The minimum absolute atomic E-state index is 0.0239. The normalized spacial score (nSPS) is 12.7. The molecule has 0 saturated heterocycles. The number of benzene rings is 2. The summed E-state index contributed by atoms with van der Waals surface area (Å²) >= 11 is 0. The van der Waals surface area contributed by atoms with Crippen LogP contribution in [0.2, 0.25) is 0 Å². The van der Waals surface area contributed by atoms with E-state index < -0.39 is 6.04 Å². The Morgan fingerprint density at radius 2 is 1.53 bits per heavy atom. The highest BCUT2D eigenvalue weighted by Gasteiger charge is 2.28. The summed E-state index contributed by atoms with van der Waals surface area (Å²) in [6, 6.07) is 15.6. The number of nitrogens with one attached hydrogen (secondary N) is 1. The summed E-state index contributed by atoms with van der Waals surface area (Å²) in [5.41, 5.74) is 3.37. The van der Waals surface area contributed by atoms with Crippen molar-refractivity contribution in [2.75, 3.05) is 6.61 Å². The number of hydrogen-bond donors (Lipinski definition) is 1. The first-order valence-corrected chi connectivity index (χ1v) is 11.7. The third-order valence-electron chi connectivity index (χ3n) is 5.69. The zero-order chi connectivity index (χ0) is 23.5. The first-order chi connectivity index (χ1) is 15.3. The predicted octanol–water partition coefficient (Wildman–Crippen LogP) is 5.18. The van der Waals surface area contributed by atoms with Gasteiger partial charge in [-0.05, 0) is 57.7 Å². The number of hydrogen-bond acceptors (Lipinski definition) is 3. The molecule has 0 radical (unpaired) electrons. The Balaban J connectivity index is 2.05. The van der Waals surface area contributed by atoms with E-state index in [1.54, 1.807) is 4.90 Å².